The summed E-state index contributed by atoms with van der Waals surface area (Å²) in [6.45, 7) is 6.87. The number of sulfonamides is 1. The maximum absolute atomic E-state index is 14.1. The molecular weight excluding hydrogens is 409 g/mol. The van der Waals surface area contributed by atoms with Gasteiger partial charge >= 0.3 is 0 Å². The second kappa shape index (κ2) is 8.19. The first-order valence-corrected chi connectivity index (χ1v) is 12.0. The number of anilines is 1. The Labute approximate surface area is 177 Å². The minimum atomic E-state index is -3.56. The van der Waals surface area contributed by atoms with E-state index in [-0.39, 0.29) is 23.6 Å². The van der Waals surface area contributed by atoms with Gasteiger partial charge in [0.25, 0.3) is 5.91 Å². The van der Waals surface area contributed by atoms with Crippen LogP contribution in [0.2, 0.25) is 0 Å². The maximum atomic E-state index is 14.1. The largest absolute Gasteiger partial charge is 0.347 e. The molecule has 0 atom stereocenters. The zero-order valence-electron chi connectivity index (χ0n) is 17.8. The van der Waals surface area contributed by atoms with Crippen LogP contribution in [0.5, 0.6) is 0 Å². The Kier molecular flexibility index (Phi) is 6.15. The van der Waals surface area contributed by atoms with Gasteiger partial charge < -0.3 is 5.32 Å². The summed E-state index contributed by atoms with van der Waals surface area (Å²) in [4.78, 5) is 18.3. The molecule has 166 valence electrons. The molecule has 30 heavy (non-hydrogen) atoms. The van der Waals surface area contributed by atoms with E-state index in [9.17, 15) is 17.6 Å². The zero-order valence-corrected chi connectivity index (χ0v) is 18.7. The summed E-state index contributed by atoms with van der Waals surface area (Å²) >= 11 is 0. The van der Waals surface area contributed by atoms with Crippen LogP contribution >= 0.6 is 0 Å². The third-order valence-corrected chi connectivity index (χ3v) is 6.45. The molecule has 7 nitrogen and oxygen atoms in total. The van der Waals surface area contributed by atoms with Crippen LogP contribution in [0.25, 0.3) is 0 Å². The number of hydrogen-bond acceptors (Lipinski definition) is 5. The lowest BCUT2D eigenvalue weighted by molar-refractivity contribution is -0.120. The first-order valence-electron chi connectivity index (χ1n) is 10.1. The summed E-state index contributed by atoms with van der Waals surface area (Å²) < 4.78 is 38.7. The molecule has 1 spiro atoms. The molecule has 1 fully saturated rings. The van der Waals surface area contributed by atoms with Gasteiger partial charge in [-0.25, -0.2) is 12.8 Å². The lowest BCUT2D eigenvalue weighted by Gasteiger charge is -2.40. The quantitative estimate of drug-likeness (QED) is 0.655. The van der Waals surface area contributed by atoms with Gasteiger partial charge in [0.05, 0.1) is 11.9 Å². The third-order valence-electron chi connectivity index (χ3n) is 5.85. The van der Waals surface area contributed by atoms with Crippen LogP contribution in [0.4, 0.5) is 10.1 Å². The molecule has 0 aromatic heterocycles. The van der Waals surface area contributed by atoms with Crippen molar-refractivity contribution in [3.8, 4) is 0 Å². The number of carbonyl (C=O) groups excluding carboxylic acids is 1. The van der Waals surface area contributed by atoms with Gasteiger partial charge in [0.1, 0.15) is 17.1 Å². The molecule has 3 N–H and O–H groups in total. The number of hydroxylamine groups is 1. The van der Waals surface area contributed by atoms with Gasteiger partial charge in [-0.3, -0.25) is 19.8 Å². The van der Waals surface area contributed by atoms with E-state index in [1.165, 1.54) is 12.1 Å². The van der Waals surface area contributed by atoms with Crippen molar-refractivity contribution in [2.45, 2.75) is 58.6 Å². The normalized spacial score (nSPS) is 24.3. The number of carbonyl (C=O) groups is 1. The van der Waals surface area contributed by atoms with Gasteiger partial charge in [0, 0.05) is 6.54 Å². The molecule has 2 aliphatic rings. The molecule has 1 heterocycles. The number of hydrogen-bond donors (Lipinski definition) is 3. The van der Waals surface area contributed by atoms with Crippen LogP contribution in [-0.2, 0) is 26.2 Å². The maximum Gasteiger partial charge on any atom is 0.269 e. The van der Waals surface area contributed by atoms with E-state index in [4.69, 9.17) is 4.84 Å². The molecule has 1 amide bonds. The van der Waals surface area contributed by atoms with E-state index in [1.54, 1.807) is 6.07 Å². The summed E-state index contributed by atoms with van der Waals surface area (Å²) in [5.74, 6) is -0.403. The molecular formula is C21H30FN3O4S. The Morgan fingerprint density at radius 2 is 1.97 bits per heavy atom. The highest BCUT2D eigenvalue weighted by molar-refractivity contribution is 7.92. The lowest BCUT2D eigenvalue weighted by atomic mass is 9.68. The Morgan fingerprint density at radius 3 is 2.53 bits per heavy atom. The molecule has 1 saturated carbocycles. The molecule has 0 bridgehead atoms. The fourth-order valence-corrected chi connectivity index (χ4v) is 4.60. The fourth-order valence-electron chi connectivity index (χ4n) is 4.04. The lowest BCUT2D eigenvalue weighted by Crippen LogP contribution is -2.37. The van der Waals surface area contributed by atoms with Crippen molar-refractivity contribution in [1.82, 2.24) is 10.8 Å². The van der Waals surface area contributed by atoms with Crippen molar-refractivity contribution in [2.24, 2.45) is 11.3 Å². The van der Waals surface area contributed by atoms with Gasteiger partial charge in [-0.2, -0.15) is 0 Å². The molecule has 1 aliphatic carbocycles. The number of halogens is 1. The van der Waals surface area contributed by atoms with Crippen LogP contribution in [0.3, 0.4) is 0 Å². The smallest absolute Gasteiger partial charge is 0.269 e. The van der Waals surface area contributed by atoms with E-state index in [0.29, 0.717) is 17.2 Å². The number of nitrogens with one attached hydrogen (secondary N) is 3. The highest BCUT2D eigenvalue weighted by Gasteiger charge is 2.42. The molecule has 1 aromatic carbocycles. The number of rotatable bonds is 5. The van der Waals surface area contributed by atoms with E-state index >= 15 is 0 Å². The Morgan fingerprint density at radius 1 is 1.30 bits per heavy atom. The van der Waals surface area contributed by atoms with E-state index in [1.807, 2.05) is 6.08 Å². The average molecular weight is 440 g/mol. The van der Waals surface area contributed by atoms with Gasteiger partial charge in [-0.15, -0.1) is 0 Å². The Hall–Kier alpha value is -2.13. The SMILES string of the molecule is CC(C)(C)C1CCC2(C=C(C(=O)NCc3ccc(NS(C)(=O)=O)c(F)c3)NO2)CC1. The predicted octanol–water partition coefficient (Wildman–Crippen LogP) is 3.21. The highest BCUT2D eigenvalue weighted by atomic mass is 32.2. The Balaban J connectivity index is 1.57. The van der Waals surface area contributed by atoms with Crippen molar-refractivity contribution in [1.29, 1.82) is 0 Å². The molecule has 0 radical (unpaired) electrons. The number of benzene rings is 1. The van der Waals surface area contributed by atoms with Crippen LogP contribution in [0.1, 0.15) is 52.0 Å². The molecule has 0 saturated heterocycles. The van der Waals surface area contributed by atoms with E-state index in [2.05, 4.69) is 36.3 Å². The monoisotopic (exact) mass is 439 g/mol. The molecule has 0 unspecified atom stereocenters. The molecule has 3 rings (SSSR count). The van der Waals surface area contributed by atoms with Crippen LogP contribution in [0.15, 0.2) is 30.0 Å². The van der Waals surface area contributed by atoms with Crippen molar-refractivity contribution in [3.05, 3.63) is 41.4 Å². The van der Waals surface area contributed by atoms with Crippen LogP contribution < -0.4 is 15.5 Å². The first-order chi connectivity index (χ1) is 13.9. The van der Waals surface area contributed by atoms with E-state index in [0.717, 1.165) is 31.9 Å². The van der Waals surface area contributed by atoms with Crippen molar-refractivity contribution >= 4 is 21.6 Å². The van der Waals surface area contributed by atoms with Crippen molar-refractivity contribution in [2.75, 3.05) is 11.0 Å². The van der Waals surface area contributed by atoms with Crippen LogP contribution in [0, 0.1) is 17.2 Å². The topological polar surface area (TPSA) is 96.5 Å². The Bertz CT molecular complexity index is 945. The van der Waals surface area contributed by atoms with Crippen LogP contribution in [-0.4, -0.2) is 26.2 Å². The molecule has 1 aliphatic heterocycles. The standard InChI is InChI=1S/C21H30FN3O4S/c1-20(2,3)15-7-9-21(10-8-15)12-18(24-29-21)19(26)23-13-14-5-6-17(16(22)11-14)25-30(4,27)28/h5-6,11-12,15,24-25H,7-10,13H2,1-4H3,(H,23,26). The summed E-state index contributed by atoms with van der Waals surface area (Å²) in [6, 6.07) is 4.08. The zero-order chi connectivity index (χ0) is 22.2. The average Bonchev–Trinajstić information content (AvgIpc) is 3.04. The van der Waals surface area contributed by atoms with E-state index < -0.39 is 21.4 Å². The van der Waals surface area contributed by atoms with Gasteiger partial charge in [-0.05, 0) is 60.8 Å². The molecule has 9 heteroatoms. The van der Waals surface area contributed by atoms with Crippen molar-refractivity contribution < 1.29 is 22.4 Å². The molecule has 1 aromatic rings. The summed E-state index contributed by atoms with van der Waals surface area (Å²) in [5.41, 5.74) is 3.31. The van der Waals surface area contributed by atoms with Crippen molar-refractivity contribution in [3.63, 3.8) is 0 Å². The van der Waals surface area contributed by atoms with Gasteiger partial charge in [-0.1, -0.05) is 26.8 Å². The first kappa shape index (κ1) is 22.6. The second-order valence-electron chi connectivity index (χ2n) is 9.34. The fraction of sp³-hybridized carbons (Fsp3) is 0.571. The second-order valence-corrected chi connectivity index (χ2v) is 11.1. The summed E-state index contributed by atoms with van der Waals surface area (Å²) in [7, 11) is -3.56. The minimum Gasteiger partial charge on any atom is -0.347 e. The number of amides is 1. The minimum absolute atomic E-state index is 0.104. The predicted molar refractivity (Wildman–Crippen MR) is 113 cm³/mol. The van der Waals surface area contributed by atoms with Gasteiger partial charge in [0.15, 0.2) is 0 Å². The third kappa shape index (κ3) is 5.51. The summed E-state index contributed by atoms with van der Waals surface area (Å²) in [6.07, 6.45) is 6.62. The van der Waals surface area contributed by atoms with Gasteiger partial charge in [0.2, 0.25) is 10.0 Å². The summed E-state index contributed by atoms with van der Waals surface area (Å²) in [5, 5.41) is 2.74. The highest BCUT2D eigenvalue weighted by Crippen LogP contribution is 2.44.